The third-order valence-corrected chi connectivity index (χ3v) is 0. The van der Waals surface area contributed by atoms with Crippen molar-refractivity contribution in [2.24, 2.45) is 0 Å². The fraction of sp³-hybridized carbons (Fsp3) is 0. The van der Waals surface area contributed by atoms with Gasteiger partial charge in [-0.05, 0) is 0 Å². The maximum absolute atomic E-state index is 6.88. The van der Waals surface area contributed by atoms with Gasteiger partial charge in [-0.2, -0.15) is 0 Å². The Morgan fingerprint density at radius 2 is 1.25 bits per heavy atom. The van der Waals surface area contributed by atoms with E-state index in [1.807, 2.05) is 0 Å². The molecule has 0 rings (SSSR count). The van der Waals surface area contributed by atoms with E-state index in [4.69, 9.17) is 10.8 Å². The van der Waals surface area contributed by atoms with E-state index in [2.05, 4.69) is 0 Å². The minimum atomic E-state index is 0. The molecule has 0 radical (unpaired) electrons. The Hall–Kier alpha value is 0.640. The molecule has 16 valence electrons. The number of rotatable bonds is 0. The van der Waals surface area contributed by atoms with Gasteiger partial charge in [-0.15, -0.1) is 0 Å². The predicted octanol–water partition coefficient (Wildman–Crippen LogP) is -0.0817. The first-order valence-electron chi connectivity index (χ1n) is 0.447. The fourth-order valence-electron chi connectivity index (χ4n) is 0. The maximum Gasteiger partial charge on any atom is 2.00 e. The van der Waals surface area contributed by atoms with Crippen LogP contribution in [0.5, 0.6) is 0 Å². The van der Waals surface area contributed by atoms with E-state index in [1.54, 1.807) is 0 Å². The summed E-state index contributed by atoms with van der Waals surface area (Å²) in [6.07, 6.45) is 0. The van der Waals surface area contributed by atoms with E-state index in [9.17, 15) is 0 Å². The van der Waals surface area contributed by atoms with Crippen molar-refractivity contribution in [3.05, 3.63) is 10.8 Å². The molecule has 0 amide bonds. The minimum absolute atomic E-state index is 0. The second-order valence-corrected chi connectivity index (χ2v) is 0.100. The van der Waals surface area contributed by atoms with Crippen LogP contribution in [0.15, 0.2) is 0 Å². The van der Waals surface area contributed by atoms with Gasteiger partial charge in [0.1, 0.15) is 0 Å². The third kappa shape index (κ3) is 17.3. The summed E-state index contributed by atoms with van der Waals surface area (Å²) in [5.74, 6) is 0. The second kappa shape index (κ2) is 9.43. The zero-order chi connectivity index (χ0) is 2.71. The first-order valence-corrected chi connectivity index (χ1v) is 0.447. The zero-order valence-electron chi connectivity index (χ0n) is 2.10. The molecule has 4 heavy (non-hydrogen) atoms. The Morgan fingerprint density at radius 1 is 1.25 bits per heavy atom. The molecule has 0 aromatic rings. The van der Waals surface area contributed by atoms with Crippen molar-refractivity contribution >= 4 is 43.7 Å². The molecule has 0 heterocycles. The summed E-state index contributed by atoms with van der Waals surface area (Å²) in [6, 6.07) is 0.750. The molecule has 0 saturated heterocycles. The molecular formula is CCaN2. The molecule has 0 bridgehead atoms. The fourth-order valence-corrected chi connectivity index (χ4v) is 0. The smallest absolute Gasteiger partial charge is 0.786 e. The predicted molar refractivity (Wildman–Crippen MR) is 17.5 cm³/mol. The van der Waals surface area contributed by atoms with Crippen molar-refractivity contribution in [3.63, 3.8) is 0 Å². The monoisotopic (exact) mass is 80.0 g/mol. The van der Waals surface area contributed by atoms with Crippen LogP contribution < -0.4 is 0 Å². The van der Waals surface area contributed by atoms with Gasteiger partial charge in [0.25, 0.3) is 0 Å². The molecule has 0 aliphatic carbocycles. The molecule has 0 spiro atoms. The van der Waals surface area contributed by atoms with Gasteiger partial charge in [-0.1, -0.05) is 0 Å². The maximum atomic E-state index is 6.88. The summed E-state index contributed by atoms with van der Waals surface area (Å²) in [6.45, 7) is 0. The Morgan fingerprint density at radius 3 is 1.25 bits per heavy atom. The van der Waals surface area contributed by atoms with E-state index in [0.29, 0.717) is 0 Å². The number of hydrogen-bond acceptors (Lipinski definition) is 0. The standard InChI is InChI=1S/CN2.Ca/c2-1-3;/q-2;+2. The summed E-state index contributed by atoms with van der Waals surface area (Å²) >= 11 is 0. The van der Waals surface area contributed by atoms with Crippen molar-refractivity contribution < 1.29 is 0 Å². The van der Waals surface area contributed by atoms with E-state index in [0.717, 1.165) is 6.01 Å². The summed E-state index contributed by atoms with van der Waals surface area (Å²) < 4.78 is 0. The molecule has 0 saturated carbocycles. The summed E-state index contributed by atoms with van der Waals surface area (Å²) in [7, 11) is 0. The van der Waals surface area contributed by atoms with Crippen LogP contribution in [-0.2, 0) is 0 Å². The normalized spacial score (nSPS) is 2.00. The second-order valence-electron chi connectivity index (χ2n) is 0.100. The van der Waals surface area contributed by atoms with Crippen molar-refractivity contribution in [2.75, 3.05) is 0 Å². The van der Waals surface area contributed by atoms with Crippen molar-refractivity contribution in [2.45, 2.75) is 0 Å². The molecular weight excluding hydrogens is 80.1 g/mol. The average Bonchev–Trinajstić information content (AvgIpc) is 0.918. The molecule has 0 fully saturated rings. The Kier molecular flexibility index (Phi) is 20.8. The van der Waals surface area contributed by atoms with Crippen molar-refractivity contribution in [1.29, 1.82) is 0 Å². The largest absolute Gasteiger partial charge is 2.00 e. The van der Waals surface area contributed by atoms with Gasteiger partial charge in [-0.25, -0.2) is 0 Å². The van der Waals surface area contributed by atoms with Crippen LogP contribution in [0.4, 0.5) is 0 Å². The molecule has 2 nitrogen and oxygen atoms in total. The SMILES string of the molecule is [Ca+2].[N-]=C=[N-]. The van der Waals surface area contributed by atoms with Crippen LogP contribution in [0.3, 0.4) is 0 Å². The van der Waals surface area contributed by atoms with Crippen molar-refractivity contribution in [3.8, 4) is 0 Å². The van der Waals surface area contributed by atoms with Gasteiger partial charge in [0.05, 0.1) is 0 Å². The first-order chi connectivity index (χ1) is 1.41. The topological polar surface area (TPSA) is 44.6 Å². The van der Waals surface area contributed by atoms with E-state index < -0.39 is 0 Å². The molecule has 0 aliphatic heterocycles. The van der Waals surface area contributed by atoms with E-state index >= 15 is 0 Å². The first kappa shape index (κ1) is 8.82. The quantitative estimate of drug-likeness (QED) is 0.288. The average molecular weight is 80.1 g/mol. The minimum Gasteiger partial charge on any atom is -0.786 e. The Labute approximate surface area is 54.2 Å². The van der Waals surface area contributed by atoms with Gasteiger partial charge in [0.2, 0.25) is 0 Å². The third-order valence-electron chi connectivity index (χ3n) is 0. The van der Waals surface area contributed by atoms with Crippen LogP contribution in [0.25, 0.3) is 10.8 Å². The van der Waals surface area contributed by atoms with Crippen LogP contribution in [0.1, 0.15) is 0 Å². The van der Waals surface area contributed by atoms with Gasteiger partial charge in [0, 0.05) is 0 Å². The molecule has 0 aromatic heterocycles. The van der Waals surface area contributed by atoms with Crippen LogP contribution in [0, 0.1) is 0 Å². The molecule has 0 atom stereocenters. The van der Waals surface area contributed by atoms with E-state index in [1.165, 1.54) is 0 Å². The van der Waals surface area contributed by atoms with Crippen LogP contribution >= 0.6 is 0 Å². The van der Waals surface area contributed by atoms with Crippen LogP contribution in [0.2, 0.25) is 0 Å². The number of nitrogens with zero attached hydrogens (tertiary/aromatic N) is 2. The van der Waals surface area contributed by atoms with Crippen molar-refractivity contribution in [1.82, 2.24) is 0 Å². The Balaban J connectivity index is 0. The van der Waals surface area contributed by atoms with Crippen LogP contribution in [-0.4, -0.2) is 43.7 Å². The molecule has 0 N–H and O–H groups in total. The molecule has 3 heteroatoms. The molecule has 0 unspecified atom stereocenters. The zero-order valence-corrected chi connectivity index (χ0v) is 4.31. The Bertz CT molecular complexity index is 27.0. The molecule has 0 aliphatic rings. The van der Waals surface area contributed by atoms with Gasteiger partial charge in [0.15, 0.2) is 0 Å². The van der Waals surface area contributed by atoms with Gasteiger partial charge < -0.3 is 16.8 Å². The van der Waals surface area contributed by atoms with Gasteiger partial charge in [-0.3, -0.25) is 0 Å². The van der Waals surface area contributed by atoms with Gasteiger partial charge >= 0.3 is 37.7 Å². The summed E-state index contributed by atoms with van der Waals surface area (Å²) in [5, 5.41) is 13.8. The number of hydrogen-bond donors (Lipinski definition) is 0. The summed E-state index contributed by atoms with van der Waals surface area (Å²) in [4.78, 5) is 0. The van der Waals surface area contributed by atoms with E-state index in [-0.39, 0.29) is 37.7 Å². The summed E-state index contributed by atoms with van der Waals surface area (Å²) in [5.41, 5.74) is 0. The molecule has 0 aromatic carbocycles.